The van der Waals surface area contributed by atoms with E-state index in [9.17, 15) is 14.7 Å². The number of benzene rings is 2. The Labute approximate surface area is 157 Å². The minimum Gasteiger partial charge on any atom is -0.478 e. The van der Waals surface area contributed by atoms with Crippen LogP contribution in [0.15, 0.2) is 48.5 Å². The predicted molar refractivity (Wildman–Crippen MR) is 103 cm³/mol. The average Bonchev–Trinajstić information content (AvgIpc) is 2.95. The monoisotopic (exact) mass is 369 g/mol. The van der Waals surface area contributed by atoms with E-state index in [4.69, 9.17) is 11.6 Å². The van der Waals surface area contributed by atoms with Crippen LogP contribution in [0.4, 0.5) is 0 Å². The van der Waals surface area contributed by atoms with Crippen LogP contribution in [0.3, 0.4) is 0 Å². The molecule has 1 heterocycles. The molecule has 1 unspecified atom stereocenters. The Hall–Kier alpha value is -2.59. The van der Waals surface area contributed by atoms with E-state index in [1.165, 1.54) is 13.0 Å². The Balaban J connectivity index is 2.36. The number of hydrogen-bond donors (Lipinski definition) is 1. The van der Waals surface area contributed by atoms with Crippen molar-refractivity contribution in [1.29, 1.82) is 0 Å². The lowest BCUT2D eigenvalue weighted by atomic mass is 10.0. The van der Waals surface area contributed by atoms with Gasteiger partial charge in [0, 0.05) is 16.6 Å². The second kappa shape index (κ2) is 7.34. The molecular formula is C21H20ClNO3. The minimum absolute atomic E-state index is 0.0443. The maximum atomic E-state index is 12.4. The number of alkyl halides is 1. The van der Waals surface area contributed by atoms with Crippen LogP contribution < -0.4 is 0 Å². The molecule has 134 valence electrons. The second-order valence-electron chi connectivity index (χ2n) is 6.28. The normalized spacial score (nSPS) is 12.3. The first-order valence-corrected chi connectivity index (χ1v) is 8.99. The largest absolute Gasteiger partial charge is 0.478 e. The fraction of sp³-hybridized carbons (Fsp3) is 0.238. The van der Waals surface area contributed by atoms with Crippen LogP contribution in [0.25, 0.3) is 10.9 Å². The van der Waals surface area contributed by atoms with Crippen LogP contribution in [-0.2, 0) is 6.42 Å². The molecule has 0 aliphatic rings. The van der Waals surface area contributed by atoms with Crippen molar-refractivity contribution in [2.45, 2.75) is 32.2 Å². The molecule has 0 aliphatic heterocycles. The Kier molecular flexibility index (Phi) is 5.14. The van der Waals surface area contributed by atoms with Gasteiger partial charge in [-0.2, -0.15) is 0 Å². The highest BCUT2D eigenvalue weighted by Gasteiger charge is 2.25. The minimum atomic E-state index is -1.01. The molecule has 0 fully saturated rings. The molecular weight excluding hydrogens is 350 g/mol. The predicted octanol–water partition coefficient (Wildman–Crippen LogP) is 5.28. The van der Waals surface area contributed by atoms with Gasteiger partial charge in [-0.05, 0) is 31.0 Å². The summed E-state index contributed by atoms with van der Waals surface area (Å²) in [6.07, 6.45) is 1.53. The topological polar surface area (TPSA) is 59.3 Å². The van der Waals surface area contributed by atoms with Crippen molar-refractivity contribution in [3.05, 3.63) is 70.9 Å². The zero-order chi connectivity index (χ0) is 18.8. The number of Topliss-reactive ketones (excluding diaryl/α,β-unsaturated/α-hetero) is 1. The molecule has 3 aromatic rings. The second-order valence-corrected chi connectivity index (χ2v) is 6.69. The van der Waals surface area contributed by atoms with Crippen molar-refractivity contribution in [2.24, 2.45) is 0 Å². The zero-order valence-electron chi connectivity index (χ0n) is 14.7. The Morgan fingerprint density at radius 3 is 2.42 bits per heavy atom. The summed E-state index contributed by atoms with van der Waals surface area (Å²) in [4.78, 5) is 23.8. The van der Waals surface area contributed by atoms with Crippen molar-refractivity contribution >= 4 is 34.3 Å². The Morgan fingerprint density at radius 2 is 1.85 bits per heavy atom. The van der Waals surface area contributed by atoms with Gasteiger partial charge in [0.1, 0.15) is 5.50 Å². The summed E-state index contributed by atoms with van der Waals surface area (Å²) in [7, 11) is 0. The molecule has 0 aliphatic carbocycles. The van der Waals surface area contributed by atoms with Gasteiger partial charge in [-0.3, -0.25) is 4.79 Å². The van der Waals surface area contributed by atoms with E-state index >= 15 is 0 Å². The summed E-state index contributed by atoms with van der Waals surface area (Å²) in [5.41, 5.74) is 2.67. The number of carboxylic acids is 1. The van der Waals surface area contributed by atoms with Crippen molar-refractivity contribution < 1.29 is 14.7 Å². The van der Waals surface area contributed by atoms with Crippen LogP contribution in [-0.4, -0.2) is 21.4 Å². The SMILES string of the molecule is CCCc1c(C(C)=O)c2ccc(C(=O)O)cc2n1C(Cl)c1ccccc1. The molecule has 26 heavy (non-hydrogen) atoms. The quantitative estimate of drug-likeness (QED) is 0.475. The third kappa shape index (κ3) is 3.13. The van der Waals surface area contributed by atoms with Crippen LogP contribution in [0.1, 0.15) is 57.7 Å². The molecule has 2 aromatic carbocycles. The van der Waals surface area contributed by atoms with E-state index in [1.54, 1.807) is 12.1 Å². The summed E-state index contributed by atoms with van der Waals surface area (Å²) in [6.45, 7) is 3.58. The van der Waals surface area contributed by atoms with Crippen molar-refractivity contribution in [3.63, 3.8) is 0 Å². The highest BCUT2D eigenvalue weighted by atomic mass is 35.5. The number of ketones is 1. The van der Waals surface area contributed by atoms with E-state index in [2.05, 4.69) is 0 Å². The molecule has 0 bridgehead atoms. The average molecular weight is 370 g/mol. The highest BCUT2D eigenvalue weighted by Crippen LogP contribution is 2.35. The van der Waals surface area contributed by atoms with Gasteiger partial charge >= 0.3 is 5.97 Å². The molecule has 0 radical (unpaired) electrons. The number of rotatable bonds is 6. The van der Waals surface area contributed by atoms with Gasteiger partial charge in [0.2, 0.25) is 0 Å². The standard InChI is InChI=1S/C21H20ClNO3/c1-3-7-17-19(13(2)24)16-11-10-15(21(25)26)12-18(16)23(17)20(22)14-8-5-4-6-9-14/h4-6,8-12,20H,3,7H2,1-2H3,(H,25,26). The summed E-state index contributed by atoms with van der Waals surface area (Å²) >= 11 is 6.81. The first-order valence-electron chi connectivity index (χ1n) is 8.55. The van der Waals surface area contributed by atoms with Gasteiger partial charge < -0.3 is 9.67 Å². The lowest BCUT2D eigenvalue weighted by Crippen LogP contribution is -2.10. The molecule has 1 atom stereocenters. The number of hydrogen-bond acceptors (Lipinski definition) is 2. The molecule has 0 spiro atoms. The summed E-state index contributed by atoms with van der Waals surface area (Å²) in [5, 5.41) is 10.1. The van der Waals surface area contributed by atoms with Gasteiger partial charge in [0.05, 0.1) is 11.1 Å². The number of fused-ring (bicyclic) bond motifs is 1. The number of carbonyl (C=O) groups excluding carboxylic acids is 1. The molecule has 3 rings (SSSR count). The number of nitrogens with zero attached hydrogens (tertiary/aromatic N) is 1. The molecule has 4 nitrogen and oxygen atoms in total. The number of carboxylic acid groups (broad SMARTS) is 1. The maximum Gasteiger partial charge on any atom is 0.335 e. The number of aromatic nitrogens is 1. The van der Waals surface area contributed by atoms with E-state index < -0.39 is 11.5 Å². The fourth-order valence-electron chi connectivity index (χ4n) is 3.39. The molecule has 0 amide bonds. The van der Waals surface area contributed by atoms with E-state index in [-0.39, 0.29) is 11.3 Å². The van der Waals surface area contributed by atoms with Gasteiger partial charge in [-0.15, -0.1) is 0 Å². The highest BCUT2D eigenvalue weighted by molar-refractivity contribution is 6.21. The number of carbonyl (C=O) groups is 2. The summed E-state index contributed by atoms with van der Waals surface area (Å²) in [6, 6.07) is 14.4. The van der Waals surface area contributed by atoms with Crippen LogP contribution in [0, 0.1) is 0 Å². The third-order valence-corrected chi connectivity index (χ3v) is 4.94. The maximum absolute atomic E-state index is 12.4. The first kappa shape index (κ1) is 18.2. The zero-order valence-corrected chi connectivity index (χ0v) is 15.5. The summed E-state index contributed by atoms with van der Waals surface area (Å²) in [5.74, 6) is -1.05. The van der Waals surface area contributed by atoms with Gasteiger partial charge in [0.15, 0.2) is 5.78 Å². The third-order valence-electron chi connectivity index (χ3n) is 4.49. The number of aromatic carboxylic acids is 1. The number of halogens is 1. The molecule has 1 N–H and O–H groups in total. The van der Waals surface area contributed by atoms with Crippen LogP contribution in [0.5, 0.6) is 0 Å². The summed E-state index contributed by atoms with van der Waals surface area (Å²) < 4.78 is 1.90. The van der Waals surface area contributed by atoms with Crippen molar-refractivity contribution in [3.8, 4) is 0 Å². The smallest absolute Gasteiger partial charge is 0.335 e. The molecule has 0 saturated carbocycles. The lowest BCUT2D eigenvalue weighted by molar-refractivity contribution is 0.0696. The lowest BCUT2D eigenvalue weighted by Gasteiger charge is -2.18. The molecule has 5 heteroatoms. The van der Waals surface area contributed by atoms with Gasteiger partial charge in [-0.1, -0.05) is 61.3 Å². The Bertz CT molecular complexity index is 976. The Morgan fingerprint density at radius 1 is 1.15 bits per heavy atom. The van der Waals surface area contributed by atoms with Crippen LogP contribution >= 0.6 is 11.6 Å². The van der Waals surface area contributed by atoms with E-state index in [0.717, 1.165) is 23.1 Å². The van der Waals surface area contributed by atoms with Gasteiger partial charge in [0.25, 0.3) is 0 Å². The van der Waals surface area contributed by atoms with Crippen molar-refractivity contribution in [2.75, 3.05) is 0 Å². The molecule has 1 aromatic heterocycles. The first-order chi connectivity index (χ1) is 12.5. The fourth-order valence-corrected chi connectivity index (χ4v) is 3.76. The van der Waals surface area contributed by atoms with Crippen molar-refractivity contribution in [1.82, 2.24) is 4.57 Å². The van der Waals surface area contributed by atoms with E-state index in [0.29, 0.717) is 17.5 Å². The van der Waals surface area contributed by atoms with Crippen LogP contribution in [0.2, 0.25) is 0 Å². The van der Waals surface area contributed by atoms with Gasteiger partial charge in [-0.25, -0.2) is 4.79 Å². The van der Waals surface area contributed by atoms with E-state index in [1.807, 2.05) is 41.8 Å². The molecule has 0 saturated heterocycles.